The van der Waals surface area contributed by atoms with Crippen molar-refractivity contribution in [3.8, 4) is 0 Å². The standard InChI is InChI=1S/C11H18N2OS/c1-8-7-15-11(13-8)6-12-10-3-4-14-9(2)5-10/h7,9-10,12H,3-6H2,1-2H3. The number of thiazole rings is 1. The second-order valence-electron chi connectivity index (χ2n) is 4.17. The minimum Gasteiger partial charge on any atom is -0.378 e. The first-order valence-electron chi connectivity index (χ1n) is 5.50. The summed E-state index contributed by atoms with van der Waals surface area (Å²) in [4.78, 5) is 4.44. The fourth-order valence-corrected chi connectivity index (χ4v) is 2.62. The molecule has 1 fully saturated rings. The van der Waals surface area contributed by atoms with Crippen molar-refractivity contribution in [2.24, 2.45) is 0 Å². The average Bonchev–Trinajstić information content (AvgIpc) is 2.62. The van der Waals surface area contributed by atoms with E-state index in [0.29, 0.717) is 12.1 Å². The summed E-state index contributed by atoms with van der Waals surface area (Å²) in [7, 11) is 0. The maximum atomic E-state index is 5.51. The molecule has 84 valence electrons. The van der Waals surface area contributed by atoms with Crippen molar-refractivity contribution in [1.82, 2.24) is 10.3 Å². The Hall–Kier alpha value is -0.450. The summed E-state index contributed by atoms with van der Waals surface area (Å²) in [5.74, 6) is 0. The van der Waals surface area contributed by atoms with E-state index >= 15 is 0 Å². The molecule has 0 radical (unpaired) electrons. The lowest BCUT2D eigenvalue weighted by Crippen LogP contribution is -2.37. The van der Waals surface area contributed by atoms with Gasteiger partial charge in [-0.05, 0) is 26.7 Å². The molecule has 0 spiro atoms. The molecule has 0 saturated carbocycles. The maximum absolute atomic E-state index is 5.51. The van der Waals surface area contributed by atoms with Gasteiger partial charge < -0.3 is 10.1 Å². The van der Waals surface area contributed by atoms with Crippen LogP contribution < -0.4 is 5.32 Å². The molecule has 3 nitrogen and oxygen atoms in total. The van der Waals surface area contributed by atoms with Crippen LogP contribution in [0, 0.1) is 6.92 Å². The molecule has 0 aromatic carbocycles. The summed E-state index contributed by atoms with van der Waals surface area (Å²) in [6.07, 6.45) is 2.63. The van der Waals surface area contributed by atoms with Crippen molar-refractivity contribution in [3.05, 3.63) is 16.1 Å². The molecule has 2 unspecified atom stereocenters. The SMILES string of the molecule is Cc1csc(CNC2CCOC(C)C2)n1. The van der Waals surface area contributed by atoms with Crippen molar-refractivity contribution in [1.29, 1.82) is 0 Å². The fraction of sp³-hybridized carbons (Fsp3) is 0.727. The normalized spacial score (nSPS) is 26.8. The van der Waals surface area contributed by atoms with Gasteiger partial charge in [0.1, 0.15) is 5.01 Å². The van der Waals surface area contributed by atoms with E-state index in [1.54, 1.807) is 11.3 Å². The van der Waals surface area contributed by atoms with Crippen LogP contribution in [-0.4, -0.2) is 23.7 Å². The van der Waals surface area contributed by atoms with E-state index in [4.69, 9.17) is 4.74 Å². The Morgan fingerprint density at radius 1 is 1.67 bits per heavy atom. The summed E-state index contributed by atoms with van der Waals surface area (Å²) in [6, 6.07) is 0.595. The highest BCUT2D eigenvalue weighted by atomic mass is 32.1. The zero-order valence-corrected chi connectivity index (χ0v) is 10.1. The van der Waals surface area contributed by atoms with Crippen molar-refractivity contribution >= 4 is 11.3 Å². The van der Waals surface area contributed by atoms with Crippen LogP contribution in [0.5, 0.6) is 0 Å². The van der Waals surface area contributed by atoms with Gasteiger partial charge in [-0.2, -0.15) is 0 Å². The fourth-order valence-electron chi connectivity index (χ4n) is 1.90. The molecular weight excluding hydrogens is 208 g/mol. The second-order valence-corrected chi connectivity index (χ2v) is 5.11. The van der Waals surface area contributed by atoms with Gasteiger partial charge in [0.25, 0.3) is 0 Å². The first-order chi connectivity index (χ1) is 7.24. The average molecular weight is 226 g/mol. The van der Waals surface area contributed by atoms with Gasteiger partial charge >= 0.3 is 0 Å². The molecule has 0 aliphatic carbocycles. The third-order valence-electron chi connectivity index (χ3n) is 2.69. The number of hydrogen-bond donors (Lipinski definition) is 1. The largest absolute Gasteiger partial charge is 0.378 e. The van der Waals surface area contributed by atoms with Crippen molar-refractivity contribution in [3.63, 3.8) is 0 Å². The number of rotatable bonds is 3. The number of nitrogens with one attached hydrogen (secondary N) is 1. The Morgan fingerprint density at radius 3 is 3.20 bits per heavy atom. The van der Waals surface area contributed by atoms with E-state index in [9.17, 15) is 0 Å². The van der Waals surface area contributed by atoms with Gasteiger partial charge in [0.15, 0.2) is 0 Å². The Labute approximate surface area is 94.9 Å². The van der Waals surface area contributed by atoms with Crippen LogP contribution >= 0.6 is 11.3 Å². The Bertz CT molecular complexity index is 313. The van der Waals surface area contributed by atoms with Crippen molar-refractivity contribution in [2.75, 3.05) is 6.61 Å². The Morgan fingerprint density at radius 2 is 2.53 bits per heavy atom. The van der Waals surface area contributed by atoms with Gasteiger partial charge in [-0.3, -0.25) is 0 Å². The molecule has 0 amide bonds. The first kappa shape index (κ1) is 11.0. The predicted molar refractivity (Wildman–Crippen MR) is 62.1 cm³/mol. The Kier molecular flexibility index (Phi) is 3.72. The number of ether oxygens (including phenoxy) is 1. The van der Waals surface area contributed by atoms with Crippen LogP contribution in [0.25, 0.3) is 0 Å². The molecule has 4 heteroatoms. The molecule has 1 aromatic heterocycles. The van der Waals surface area contributed by atoms with Gasteiger partial charge in [-0.25, -0.2) is 4.98 Å². The molecular formula is C11H18N2OS. The van der Waals surface area contributed by atoms with Crippen LogP contribution in [0.4, 0.5) is 0 Å². The third kappa shape index (κ3) is 3.26. The number of aryl methyl sites for hydroxylation is 1. The number of hydrogen-bond acceptors (Lipinski definition) is 4. The minimum atomic E-state index is 0.397. The molecule has 0 bridgehead atoms. The van der Waals surface area contributed by atoms with Gasteiger partial charge in [-0.15, -0.1) is 11.3 Å². The van der Waals surface area contributed by atoms with Gasteiger partial charge in [0, 0.05) is 30.3 Å². The summed E-state index contributed by atoms with van der Waals surface area (Å²) in [5.41, 5.74) is 1.12. The molecule has 15 heavy (non-hydrogen) atoms. The summed E-state index contributed by atoms with van der Waals surface area (Å²) >= 11 is 1.73. The molecule has 1 N–H and O–H groups in total. The number of nitrogens with zero attached hydrogens (tertiary/aromatic N) is 1. The molecule has 2 heterocycles. The van der Waals surface area contributed by atoms with Crippen LogP contribution in [-0.2, 0) is 11.3 Å². The first-order valence-corrected chi connectivity index (χ1v) is 6.38. The topological polar surface area (TPSA) is 34.1 Å². The second kappa shape index (κ2) is 5.05. The van der Waals surface area contributed by atoms with Crippen LogP contribution in [0.1, 0.15) is 30.5 Å². The molecule has 2 atom stereocenters. The van der Waals surface area contributed by atoms with E-state index in [2.05, 4.69) is 22.6 Å². The highest BCUT2D eigenvalue weighted by Crippen LogP contribution is 2.14. The zero-order chi connectivity index (χ0) is 10.7. The monoisotopic (exact) mass is 226 g/mol. The summed E-state index contributed by atoms with van der Waals surface area (Å²) in [6.45, 7) is 5.96. The van der Waals surface area contributed by atoms with E-state index in [1.807, 2.05) is 6.92 Å². The van der Waals surface area contributed by atoms with E-state index in [0.717, 1.165) is 31.7 Å². The van der Waals surface area contributed by atoms with E-state index in [1.165, 1.54) is 5.01 Å². The highest BCUT2D eigenvalue weighted by molar-refractivity contribution is 7.09. The van der Waals surface area contributed by atoms with E-state index in [-0.39, 0.29) is 0 Å². The summed E-state index contributed by atoms with van der Waals surface area (Å²) in [5, 5.41) is 6.84. The molecule has 2 rings (SSSR count). The lowest BCUT2D eigenvalue weighted by molar-refractivity contribution is 0.0130. The molecule has 1 aromatic rings. The predicted octanol–water partition coefficient (Wildman–Crippen LogP) is 2.11. The zero-order valence-electron chi connectivity index (χ0n) is 9.32. The molecule has 1 aliphatic heterocycles. The Balaban J connectivity index is 1.77. The highest BCUT2D eigenvalue weighted by Gasteiger charge is 2.18. The van der Waals surface area contributed by atoms with Crippen molar-refractivity contribution in [2.45, 2.75) is 45.4 Å². The molecule has 1 aliphatic rings. The maximum Gasteiger partial charge on any atom is 0.107 e. The summed E-state index contributed by atoms with van der Waals surface area (Å²) < 4.78 is 5.51. The smallest absolute Gasteiger partial charge is 0.107 e. The third-order valence-corrected chi connectivity index (χ3v) is 3.66. The van der Waals surface area contributed by atoms with Gasteiger partial charge in [-0.1, -0.05) is 0 Å². The number of aromatic nitrogens is 1. The van der Waals surface area contributed by atoms with Crippen LogP contribution in [0.3, 0.4) is 0 Å². The van der Waals surface area contributed by atoms with Crippen LogP contribution in [0.15, 0.2) is 5.38 Å². The lowest BCUT2D eigenvalue weighted by Gasteiger charge is -2.27. The molecule has 1 saturated heterocycles. The van der Waals surface area contributed by atoms with Gasteiger partial charge in [0.2, 0.25) is 0 Å². The van der Waals surface area contributed by atoms with E-state index < -0.39 is 0 Å². The van der Waals surface area contributed by atoms with Crippen molar-refractivity contribution < 1.29 is 4.74 Å². The quantitative estimate of drug-likeness (QED) is 0.857. The van der Waals surface area contributed by atoms with Gasteiger partial charge in [0.05, 0.1) is 6.10 Å². The minimum absolute atomic E-state index is 0.397. The van der Waals surface area contributed by atoms with Crippen LogP contribution in [0.2, 0.25) is 0 Å². The lowest BCUT2D eigenvalue weighted by atomic mass is 10.0.